The normalized spacial score (nSPS) is 10.3. The van der Waals surface area contributed by atoms with Crippen molar-refractivity contribution in [2.24, 2.45) is 0 Å². The van der Waals surface area contributed by atoms with Crippen LogP contribution in [0.25, 0.3) is 0 Å². The van der Waals surface area contributed by atoms with Crippen LogP contribution < -0.4 is 15.5 Å². The second-order valence-corrected chi connectivity index (χ2v) is 6.68. The lowest BCUT2D eigenvalue weighted by molar-refractivity contribution is -0.116. The van der Waals surface area contributed by atoms with Gasteiger partial charge in [0.05, 0.1) is 18.4 Å². The smallest absolute Gasteiger partial charge is 0.250 e. The van der Waals surface area contributed by atoms with Crippen molar-refractivity contribution in [1.82, 2.24) is 4.98 Å². The maximum atomic E-state index is 13.1. The zero-order chi connectivity index (χ0) is 20.6. The van der Waals surface area contributed by atoms with Crippen molar-refractivity contribution >= 4 is 34.5 Å². The Bertz CT molecular complexity index is 1030. The minimum absolute atomic E-state index is 0.0566. The molecular formula is C25H22N4O. The Morgan fingerprint density at radius 2 is 1.27 bits per heavy atom. The third-order valence-electron chi connectivity index (χ3n) is 4.53. The number of anilines is 5. The SMILES string of the molecule is O=C(CNc1ccc(Nc2ccccc2)nc1)N(c1ccccc1)c1ccccc1. The average Bonchev–Trinajstić information content (AvgIpc) is 2.81. The van der Waals surface area contributed by atoms with Gasteiger partial charge in [-0.05, 0) is 48.5 Å². The highest BCUT2D eigenvalue weighted by atomic mass is 16.2. The van der Waals surface area contributed by atoms with Crippen LogP contribution in [0.4, 0.5) is 28.6 Å². The number of hydrogen-bond donors (Lipinski definition) is 2. The third-order valence-corrected chi connectivity index (χ3v) is 4.53. The summed E-state index contributed by atoms with van der Waals surface area (Å²) < 4.78 is 0. The van der Waals surface area contributed by atoms with E-state index in [-0.39, 0.29) is 12.5 Å². The second-order valence-electron chi connectivity index (χ2n) is 6.68. The van der Waals surface area contributed by atoms with Crippen molar-refractivity contribution in [3.63, 3.8) is 0 Å². The molecular weight excluding hydrogens is 372 g/mol. The molecule has 2 N–H and O–H groups in total. The standard InChI is InChI=1S/C25H22N4O/c30-25(29(22-12-6-2-7-13-22)23-14-8-3-9-15-23)19-26-21-16-17-24(27-18-21)28-20-10-4-1-5-11-20/h1-18,26H,19H2,(H,27,28). The second kappa shape index (κ2) is 9.39. The predicted octanol–water partition coefficient (Wildman–Crippen LogP) is 5.60. The first kappa shape index (κ1) is 19.2. The van der Waals surface area contributed by atoms with Crippen molar-refractivity contribution < 1.29 is 4.79 Å². The summed E-state index contributed by atoms with van der Waals surface area (Å²) in [5.74, 6) is 0.687. The van der Waals surface area contributed by atoms with E-state index in [9.17, 15) is 4.79 Å². The molecule has 5 nitrogen and oxygen atoms in total. The maximum absolute atomic E-state index is 13.1. The highest BCUT2D eigenvalue weighted by Gasteiger charge is 2.17. The number of pyridine rings is 1. The lowest BCUT2D eigenvalue weighted by Crippen LogP contribution is -2.31. The van der Waals surface area contributed by atoms with Crippen LogP contribution in [-0.4, -0.2) is 17.4 Å². The van der Waals surface area contributed by atoms with E-state index in [1.54, 1.807) is 11.1 Å². The average molecular weight is 394 g/mol. The van der Waals surface area contributed by atoms with Crippen LogP contribution in [0.2, 0.25) is 0 Å². The molecule has 0 aliphatic rings. The molecule has 30 heavy (non-hydrogen) atoms. The molecule has 4 rings (SSSR count). The summed E-state index contributed by atoms with van der Waals surface area (Å²) in [7, 11) is 0. The Balaban J connectivity index is 1.43. The molecule has 0 radical (unpaired) electrons. The predicted molar refractivity (Wildman–Crippen MR) is 122 cm³/mol. The number of benzene rings is 3. The molecule has 148 valence electrons. The van der Waals surface area contributed by atoms with E-state index in [4.69, 9.17) is 0 Å². The van der Waals surface area contributed by atoms with E-state index in [1.807, 2.05) is 103 Å². The van der Waals surface area contributed by atoms with Gasteiger partial charge in [-0.25, -0.2) is 4.98 Å². The molecule has 0 atom stereocenters. The molecule has 0 bridgehead atoms. The fraction of sp³-hybridized carbons (Fsp3) is 0.0400. The van der Waals surface area contributed by atoms with Gasteiger partial charge < -0.3 is 10.6 Å². The van der Waals surface area contributed by atoms with Crippen LogP contribution >= 0.6 is 0 Å². The minimum Gasteiger partial charge on any atom is -0.375 e. The molecule has 3 aromatic carbocycles. The van der Waals surface area contributed by atoms with Gasteiger partial charge in [-0.15, -0.1) is 0 Å². The van der Waals surface area contributed by atoms with Gasteiger partial charge in [0.25, 0.3) is 5.91 Å². The molecule has 5 heteroatoms. The fourth-order valence-electron chi connectivity index (χ4n) is 3.09. The number of hydrogen-bond acceptors (Lipinski definition) is 4. The highest BCUT2D eigenvalue weighted by molar-refractivity contribution is 6.02. The minimum atomic E-state index is -0.0566. The molecule has 0 saturated heterocycles. The van der Waals surface area contributed by atoms with E-state index in [0.29, 0.717) is 0 Å². The monoisotopic (exact) mass is 394 g/mol. The first-order chi connectivity index (χ1) is 14.8. The molecule has 1 aromatic heterocycles. The Labute approximate surface area is 176 Å². The number of carbonyl (C=O) groups is 1. The van der Waals surface area contributed by atoms with Crippen molar-refractivity contribution in [3.05, 3.63) is 109 Å². The molecule has 0 aliphatic carbocycles. The Hall–Kier alpha value is -4.12. The Morgan fingerprint density at radius 3 is 1.80 bits per heavy atom. The first-order valence-corrected chi connectivity index (χ1v) is 9.75. The number of rotatable bonds is 7. The van der Waals surface area contributed by atoms with Crippen LogP contribution in [0.5, 0.6) is 0 Å². The number of nitrogens with zero attached hydrogens (tertiary/aromatic N) is 2. The van der Waals surface area contributed by atoms with Crippen LogP contribution in [-0.2, 0) is 4.79 Å². The summed E-state index contributed by atoms with van der Waals surface area (Å²) in [6.45, 7) is 0.150. The fourth-order valence-corrected chi connectivity index (χ4v) is 3.09. The molecule has 1 amide bonds. The molecule has 0 saturated carbocycles. The lowest BCUT2D eigenvalue weighted by atomic mass is 10.2. The molecule has 0 fully saturated rings. The van der Waals surface area contributed by atoms with Gasteiger partial charge >= 0.3 is 0 Å². The maximum Gasteiger partial charge on any atom is 0.250 e. The molecule has 0 spiro atoms. The van der Waals surface area contributed by atoms with Crippen LogP contribution in [0, 0.1) is 0 Å². The van der Waals surface area contributed by atoms with E-state index in [2.05, 4.69) is 15.6 Å². The van der Waals surface area contributed by atoms with Crippen molar-refractivity contribution in [2.45, 2.75) is 0 Å². The first-order valence-electron chi connectivity index (χ1n) is 9.75. The van der Waals surface area contributed by atoms with E-state index < -0.39 is 0 Å². The molecule has 0 aliphatic heterocycles. The number of amides is 1. The quantitative estimate of drug-likeness (QED) is 0.428. The highest BCUT2D eigenvalue weighted by Crippen LogP contribution is 2.25. The van der Waals surface area contributed by atoms with Gasteiger partial charge in [0, 0.05) is 17.1 Å². The molecule has 4 aromatic rings. The molecule has 1 heterocycles. The number of aromatic nitrogens is 1. The lowest BCUT2D eigenvalue weighted by Gasteiger charge is -2.23. The summed E-state index contributed by atoms with van der Waals surface area (Å²) in [6, 6.07) is 32.9. The summed E-state index contributed by atoms with van der Waals surface area (Å²) in [6.07, 6.45) is 1.72. The number of nitrogens with one attached hydrogen (secondary N) is 2. The van der Waals surface area contributed by atoms with Gasteiger partial charge in [-0.3, -0.25) is 9.69 Å². The van der Waals surface area contributed by atoms with Crippen LogP contribution in [0.1, 0.15) is 0 Å². The van der Waals surface area contributed by atoms with Gasteiger partial charge in [0.15, 0.2) is 0 Å². The van der Waals surface area contributed by atoms with Crippen LogP contribution in [0.15, 0.2) is 109 Å². The van der Waals surface area contributed by atoms with E-state index in [0.717, 1.165) is 28.6 Å². The van der Waals surface area contributed by atoms with Crippen molar-refractivity contribution in [2.75, 3.05) is 22.1 Å². The number of carbonyl (C=O) groups excluding carboxylic acids is 1. The van der Waals surface area contributed by atoms with Gasteiger partial charge in [0.1, 0.15) is 5.82 Å². The van der Waals surface area contributed by atoms with E-state index in [1.165, 1.54) is 0 Å². The third kappa shape index (κ3) is 4.83. The van der Waals surface area contributed by atoms with Gasteiger partial charge in [-0.2, -0.15) is 0 Å². The summed E-state index contributed by atoms with van der Waals surface area (Å²) >= 11 is 0. The zero-order valence-corrected chi connectivity index (χ0v) is 16.4. The van der Waals surface area contributed by atoms with Crippen molar-refractivity contribution in [1.29, 1.82) is 0 Å². The van der Waals surface area contributed by atoms with E-state index >= 15 is 0 Å². The van der Waals surface area contributed by atoms with Gasteiger partial charge in [0.2, 0.25) is 0 Å². The van der Waals surface area contributed by atoms with Crippen LogP contribution in [0.3, 0.4) is 0 Å². The molecule has 0 unspecified atom stereocenters. The van der Waals surface area contributed by atoms with Crippen molar-refractivity contribution in [3.8, 4) is 0 Å². The Morgan fingerprint density at radius 1 is 0.700 bits per heavy atom. The van der Waals surface area contributed by atoms with Gasteiger partial charge in [-0.1, -0.05) is 54.6 Å². The number of para-hydroxylation sites is 3. The zero-order valence-electron chi connectivity index (χ0n) is 16.4. The topological polar surface area (TPSA) is 57.3 Å². The summed E-state index contributed by atoms with van der Waals surface area (Å²) in [5.41, 5.74) is 3.41. The largest absolute Gasteiger partial charge is 0.375 e. The Kier molecular flexibility index (Phi) is 6.01. The summed E-state index contributed by atoms with van der Waals surface area (Å²) in [5, 5.41) is 6.42. The summed E-state index contributed by atoms with van der Waals surface area (Å²) in [4.78, 5) is 19.2.